The highest BCUT2D eigenvalue weighted by Crippen LogP contribution is 2.15. The summed E-state index contributed by atoms with van der Waals surface area (Å²) in [6.07, 6.45) is 5.30. The maximum Gasteiger partial charge on any atom is 0.203 e. The maximum atomic E-state index is 5.30. The molecule has 1 heterocycles. The first kappa shape index (κ1) is 9.01. The van der Waals surface area contributed by atoms with Crippen LogP contribution in [0.2, 0.25) is 0 Å². The van der Waals surface area contributed by atoms with Crippen molar-refractivity contribution >= 4 is 16.7 Å². The van der Waals surface area contributed by atoms with E-state index < -0.39 is 0 Å². The Kier molecular flexibility index (Phi) is 2.34. The molecule has 1 N–H and O–H groups in total. The standard InChI is InChI=1S/C8H11N3S/c1-5-8(3,4)10-7-9-6(2)11-12-7/h1H,2-4H3,(H,9,10,11). The number of terminal acetylenes is 1. The first-order valence-corrected chi connectivity index (χ1v) is 4.37. The molecule has 0 saturated carbocycles. The summed E-state index contributed by atoms with van der Waals surface area (Å²) < 4.78 is 4.03. The quantitative estimate of drug-likeness (QED) is 0.705. The lowest BCUT2D eigenvalue weighted by Crippen LogP contribution is -2.28. The van der Waals surface area contributed by atoms with Gasteiger partial charge >= 0.3 is 0 Å². The fraction of sp³-hybridized carbons (Fsp3) is 0.500. The Balaban J connectivity index is 2.72. The van der Waals surface area contributed by atoms with Crippen LogP contribution >= 0.6 is 11.5 Å². The summed E-state index contributed by atoms with van der Waals surface area (Å²) in [5.74, 6) is 3.40. The number of nitrogens with zero attached hydrogens (tertiary/aromatic N) is 2. The molecule has 1 aromatic rings. The van der Waals surface area contributed by atoms with Gasteiger partial charge in [-0.15, -0.1) is 6.42 Å². The van der Waals surface area contributed by atoms with Crippen LogP contribution in [-0.4, -0.2) is 14.9 Å². The molecule has 0 radical (unpaired) electrons. The predicted octanol–water partition coefficient (Wildman–Crippen LogP) is 1.67. The van der Waals surface area contributed by atoms with E-state index in [4.69, 9.17) is 6.42 Å². The summed E-state index contributed by atoms with van der Waals surface area (Å²) in [4.78, 5) is 4.14. The molecule has 0 bridgehead atoms. The summed E-state index contributed by atoms with van der Waals surface area (Å²) >= 11 is 1.32. The van der Waals surface area contributed by atoms with Gasteiger partial charge < -0.3 is 5.32 Å². The minimum Gasteiger partial charge on any atom is -0.345 e. The number of hydrogen-bond acceptors (Lipinski definition) is 4. The number of nitrogens with one attached hydrogen (secondary N) is 1. The second-order valence-electron chi connectivity index (χ2n) is 3.04. The second kappa shape index (κ2) is 3.11. The molecule has 64 valence electrons. The molecule has 0 unspecified atom stereocenters. The van der Waals surface area contributed by atoms with Gasteiger partial charge in [0.2, 0.25) is 5.13 Å². The van der Waals surface area contributed by atoms with Crippen LogP contribution in [0.4, 0.5) is 5.13 Å². The maximum absolute atomic E-state index is 5.30. The van der Waals surface area contributed by atoms with Crippen LogP contribution in [0.25, 0.3) is 0 Å². The van der Waals surface area contributed by atoms with Gasteiger partial charge in [0, 0.05) is 11.5 Å². The van der Waals surface area contributed by atoms with E-state index in [1.807, 2.05) is 20.8 Å². The Morgan fingerprint density at radius 2 is 2.25 bits per heavy atom. The van der Waals surface area contributed by atoms with Crippen molar-refractivity contribution in [3.05, 3.63) is 5.82 Å². The number of aromatic nitrogens is 2. The minimum atomic E-state index is -0.355. The van der Waals surface area contributed by atoms with E-state index in [0.717, 1.165) is 11.0 Å². The van der Waals surface area contributed by atoms with Crippen LogP contribution in [0.3, 0.4) is 0 Å². The van der Waals surface area contributed by atoms with Gasteiger partial charge in [-0.3, -0.25) is 0 Å². The van der Waals surface area contributed by atoms with Gasteiger partial charge in [-0.25, -0.2) is 4.98 Å². The fourth-order valence-corrected chi connectivity index (χ4v) is 1.38. The summed E-state index contributed by atoms with van der Waals surface area (Å²) in [5.41, 5.74) is -0.355. The molecule has 12 heavy (non-hydrogen) atoms. The number of rotatable bonds is 2. The van der Waals surface area contributed by atoms with E-state index in [0.29, 0.717) is 0 Å². The Morgan fingerprint density at radius 1 is 1.58 bits per heavy atom. The van der Waals surface area contributed by atoms with Crippen molar-refractivity contribution in [2.24, 2.45) is 0 Å². The molecule has 0 saturated heterocycles. The van der Waals surface area contributed by atoms with Crippen LogP contribution in [0.15, 0.2) is 0 Å². The zero-order valence-corrected chi connectivity index (χ0v) is 8.20. The number of hydrogen-bond donors (Lipinski definition) is 1. The molecule has 1 aromatic heterocycles. The average Bonchev–Trinajstić information content (AvgIpc) is 2.35. The van der Waals surface area contributed by atoms with E-state index in [1.54, 1.807) is 0 Å². The fourth-order valence-electron chi connectivity index (χ4n) is 0.651. The highest BCUT2D eigenvalue weighted by Gasteiger charge is 2.14. The molecule has 4 heteroatoms. The molecular weight excluding hydrogens is 170 g/mol. The van der Waals surface area contributed by atoms with Gasteiger partial charge in [-0.2, -0.15) is 4.37 Å². The molecular formula is C8H11N3S. The van der Waals surface area contributed by atoms with E-state index in [1.165, 1.54) is 11.5 Å². The van der Waals surface area contributed by atoms with Crippen LogP contribution in [0.1, 0.15) is 19.7 Å². The molecule has 0 spiro atoms. The molecule has 0 fully saturated rings. The topological polar surface area (TPSA) is 37.8 Å². The van der Waals surface area contributed by atoms with Crippen LogP contribution in [-0.2, 0) is 0 Å². The molecule has 1 rings (SSSR count). The zero-order valence-electron chi connectivity index (χ0n) is 7.38. The summed E-state index contributed by atoms with van der Waals surface area (Å²) in [6.45, 7) is 5.69. The Hall–Kier alpha value is -1.08. The van der Waals surface area contributed by atoms with Crippen LogP contribution in [0, 0.1) is 19.3 Å². The highest BCUT2D eigenvalue weighted by atomic mass is 32.1. The lowest BCUT2D eigenvalue weighted by molar-refractivity contribution is 0.739. The third-order valence-electron chi connectivity index (χ3n) is 1.31. The van der Waals surface area contributed by atoms with E-state index in [-0.39, 0.29) is 5.54 Å². The minimum absolute atomic E-state index is 0.355. The Morgan fingerprint density at radius 3 is 2.67 bits per heavy atom. The lowest BCUT2D eigenvalue weighted by Gasteiger charge is -2.17. The predicted molar refractivity (Wildman–Crippen MR) is 51.2 cm³/mol. The average molecular weight is 181 g/mol. The zero-order chi connectivity index (χ0) is 9.19. The lowest BCUT2D eigenvalue weighted by atomic mass is 10.1. The number of aryl methyl sites for hydroxylation is 1. The SMILES string of the molecule is C#CC(C)(C)Nc1nc(C)ns1. The van der Waals surface area contributed by atoms with Crippen molar-refractivity contribution < 1.29 is 0 Å². The van der Waals surface area contributed by atoms with Gasteiger partial charge in [0.1, 0.15) is 5.82 Å². The molecule has 0 aromatic carbocycles. The van der Waals surface area contributed by atoms with Gasteiger partial charge in [0.05, 0.1) is 5.54 Å². The van der Waals surface area contributed by atoms with Gasteiger partial charge in [-0.05, 0) is 20.8 Å². The van der Waals surface area contributed by atoms with E-state index >= 15 is 0 Å². The monoisotopic (exact) mass is 181 g/mol. The molecule has 0 aliphatic rings. The normalized spacial score (nSPS) is 10.8. The second-order valence-corrected chi connectivity index (χ2v) is 3.79. The van der Waals surface area contributed by atoms with Gasteiger partial charge in [-0.1, -0.05) is 5.92 Å². The van der Waals surface area contributed by atoms with Crippen molar-refractivity contribution in [1.82, 2.24) is 9.36 Å². The Bertz CT molecular complexity index is 308. The molecule has 0 atom stereocenters. The smallest absolute Gasteiger partial charge is 0.203 e. The van der Waals surface area contributed by atoms with Crippen LogP contribution in [0.5, 0.6) is 0 Å². The summed E-state index contributed by atoms with van der Waals surface area (Å²) in [7, 11) is 0. The molecule has 0 amide bonds. The first-order chi connectivity index (χ1) is 5.53. The van der Waals surface area contributed by atoms with Crippen molar-refractivity contribution in [2.75, 3.05) is 5.32 Å². The number of anilines is 1. The highest BCUT2D eigenvalue weighted by molar-refractivity contribution is 7.09. The Labute approximate surface area is 76.4 Å². The van der Waals surface area contributed by atoms with Crippen LogP contribution < -0.4 is 5.32 Å². The van der Waals surface area contributed by atoms with E-state index in [9.17, 15) is 0 Å². The molecule has 3 nitrogen and oxygen atoms in total. The summed E-state index contributed by atoms with van der Waals surface area (Å²) in [6, 6.07) is 0. The van der Waals surface area contributed by atoms with Crippen molar-refractivity contribution in [2.45, 2.75) is 26.3 Å². The largest absolute Gasteiger partial charge is 0.345 e. The third-order valence-corrected chi connectivity index (χ3v) is 2.03. The van der Waals surface area contributed by atoms with Crippen molar-refractivity contribution in [3.63, 3.8) is 0 Å². The van der Waals surface area contributed by atoms with Crippen molar-refractivity contribution in [1.29, 1.82) is 0 Å². The van der Waals surface area contributed by atoms with Gasteiger partial charge in [0.25, 0.3) is 0 Å². The third kappa shape index (κ3) is 2.21. The first-order valence-electron chi connectivity index (χ1n) is 3.60. The van der Waals surface area contributed by atoms with Gasteiger partial charge in [0.15, 0.2) is 0 Å². The van der Waals surface area contributed by atoms with E-state index in [2.05, 4.69) is 20.6 Å². The molecule has 0 aliphatic carbocycles. The molecule has 0 aliphatic heterocycles. The van der Waals surface area contributed by atoms with Crippen molar-refractivity contribution in [3.8, 4) is 12.3 Å². The summed E-state index contributed by atoms with van der Waals surface area (Å²) in [5, 5.41) is 3.87.